The standard InChI is InChI=1S/C30H40N6O6S/c1-28(2,3)42-27(40)33-29(4,5)25(38)32-22(16-41-15-20-10-8-7-9-11-20)24(37)36-13-12-23-30(18-36,26(39)35(6)34-23)14-21-17-43-19-31-21/h7-11,17,19,22H,12-16,18H2,1-6H3,(H,32,38)(H,33,40)/t22-,30-/m1/s1. The van der Waals surface area contributed by atoms with Gasteiger partial charge in [-0.05, 0) is 40.2 Å². The molecule has 0 unspecified atom stereocenters. The molecule has 4 rings (SSSR count). The quantitative estimate of drug-likeness (QED) is 0.420. The number of aromatic nitrogens is 1. The van der Waals surface area contributed by atoms with E-state index in [-0.39, 0.29) is 25.7 Å². The number of hydrazone groups is 1. The fraction of sp³-hybridized carbons (Fsp3) is 0.533. The second-order valence-electron chi connectivity index (χ2n) is 12.4. The molecule has 0 aliphatic carbocycles. The van der Waals surface area contributed by atoms with E-state index in [0.717, 1.165) is 17.0 Å². The maximum atomic E-state index is 14.1. The molecule has 12 nitrogen and oxygen atoms in total. The zero-order valence-electron chi connectivity index (χ0n) is 25.5. The number of likely N-dealkylation sites (tertiary alicyclic amines) is 1. The van der Waals surface area contributed by atoms with E-state index in [0.29, 0.717) is 19.4 Å². The van der Waals surface area contributed by atoms with Crippen LogP contribution in [-0.2, 0) is 36.9 Å². The van der Waals surface area contributed by atoms with Crippen LogP contribution in [0, 0.1) is 5.41 Å². The summed E-state index contributed by atoms with van der Waals surface area (Å²) in [4.78, 5) is 59.4. The summed E-state index contributed by atoms with van der Waals surface area (Å²) in [6.07, 6.45) is -0.0358. The van der Waals surface area contributed by atoms with E-state index in [2.05, 4.69) is 20.7 Å². The topological polar surface area (TPSA) is 143 Å². The van der Waals surface area contributed by atoms with Crippen molar-refractivity contribution in [1.82, 2.24) is 25.5 Å². The van der Waals surface area contributed by atoms with Crippen LogP contribution in [0.1, 0.15) is 52.3 Å². The van der Waals surface area contributed by atoms with Crippen molar-refractivity contribution >= 4 is 40.9 Å². The molecule has 232 valence electrons. The average molecular weight is 613 g/mol. The van der Waals surface area contributed by atoms with Crippen molar-refractivity contribution in [2.45, 2.75) is 71.2 Å². The van der Waals surface area contributed by atoms with Gasteiger partial charge in [-0.25, -0.2) is 14.8 Å². The molecule has 0 radical (unpaired) electrons. The van der Waals surface area contributed by atoms with Gasteiger partial charge in [0.2, 0.25) is 11.8 Å². The monoisotopic (exact) mass is 612 g/mol. The first-order chi connectivity index (χ1) is 20.2. The number of piperidine rings is 1. The van der Waals surface area contributed by atoms with Crippen LogP contribution < -0.4 is 10.6 Å². The van der Waals surface area contributed by atoms with Crippen molar-refractivity contribution in [3.63, 3.8) is 0 Å². The highest BCUT2D eigenvalue weighted by Gasteiger charge is 2.54. The summed E-state index contributed by atoms with van der Waals surface area (Å²) in [5.41, 5.74) is 0.901. The summed E-state index contributed by atoms with van der Waals surface area (Å²) in [7, 11) is 1.61. The maximum Gasteiger partial charge on any atom is 0.408 e. The van der Waals surface area contributed by atoms with Gasteiger partial charge in [0, 0.05) is 38.4 Å². The highest BCUT2D eigenvalue weighted by Crippen LogP contribution is 2.38. The zero-order chi connectivity index (χ0) is 31.4. The minimum absolute atomic E-state index is 0.0932. The van der Waals surface area contributed by atoms with E-state index in [9.17, 15) is 19.2 Å². The molecule has 13 heteroatoms. The van der Waals surface area contributed by atoms with Crippen LogP contribution in [-0.4, -0.2) is 88.3 Å². The van der Waals surface area contributed by atoms with Crippen molar-refractivity contribution in [2.24, 2.45) is 10.5 Å². The molecule has 4 amide bonds. The number of nitrogens with one attached hydrogen (secondary N) is 2. The number of nitrogens with zero attached hydrogens (tertiary/aromatic N) is 4. The van der Waals surface area contributed by atoms with Crippen LogP contribution in [0.2, 0.25) is 0 Å². The molecule has 0 spiro atoms. The molecule has 2 atom stereocenters. The van der Waals surface area contributed by atoms with E-state index < -0.39 is 40.5 Å². The third-order valence-corrected chi connectivity index (χ3v) is 7.90. The Labute approximate surface area is 255 Å². The lowest BCUT2D eigenvalue weighted by Crippen LogP contribution is -2.63. The average Bonchev–Trinajstić information content (AvgIpc) is 3.52. The lowest BCUT2D eigenvalue weighted by molar-refractivity contribution is -0.144. The Morgan fingerprint density at radius 3 is 2.51 bits per heavy atom. The molecule has 1 saturated heterocycles. The van der Waals surface area contributed by atoms with E-state index in [1.54, 1.807) is 38.2 Å². The number of hydrogen-bond donors (Lipinski definition) is 2. The van der Waals surface area contributed by atoms with Gasteiger partial charge in [-0.15, -0.1) is 11.3 Å². The highest BCUT2D eigenvalue weighted by molar-refractivity contribution is 7.07. The van der Waals surface area contributed by atoms with E-state index in [1.807, 2.05) is 35.7 Å². The van der Waals surface area contributed by atoms with Crippen LogP contribution in [0.15, 0.2) is 46.3 Å². The largest absolute Gasteiger partial charge is 0.444 e. The molecule has 0 bridgehead atoms. The maximum absolute atomic E-state index is 14.1. The number of amides is 4. The van der Waals surface area contributed by atoms with Gasteiger partial charge in [0.1, 0.15) is 22.6 Å². The summed E-state index contributed by atoms with van der Waals surface area (Å²) in [6.45, 7) is 8.75. The number of carbonyl (C=O) groups is 4. The lowest BCUT2D eigenvalue weighted by atomic mass is 9.74. The minimum Gasteiger partial charge on any atom is -0.444 e. The summed E-state index contributed by atoms with van der Waals surface area (Å²) in [5, 5.41) is 13.1. The number of fused-ring (bicyclic) bond motifs is 1. The van der Waals surface area contributed by atoms with Crippen LogP contribution in [0.4, 0.5) is 4.79 Å². The molecule has 2 aromatic rings. The Morgan fingerprint density at radius 2 is 1.86 bits per heavy atom. The van der Waals surface area contributed by atoms with Crippen molar-refractivity contribution in [2.75, 3.05) is 26.7 Å². The molecule has 43 heavy (non-hydrogen) atoms. The van der Waals surface area contributed by atoms with E-state index >= 15 is 0 Å². The molecule has 1 aromatic carbocycles. The molecule has 0 saturated carbocycles. The number of benzene rings is 1. The molecule has 1 aromatic heterocycles. The SMILES string of the molecule is CN1N=C2CCN(C(=O)[C@@H](COCc3ccccc3)NC(=O)C(C)(C)NC(=O)OC(C)(C)C)C[C@@]2(Cc2cscn2)C1=O. The van der Waals surface area contributed by atoms with Crippen molar-refractivity contribution < 1.29 is 28.7 Å². The van der Waals surface area contributed by atoms with Crippen molar-refractivity contribution in [1.29, 1.82) is 0 Å². The Hall–Kier alpha value is -3.84. The molecule has 2 aliphatic rings. The second-order valence-corrected chi connectivity index (χ2v) is 13.1. The normalized spacial score (nSPS) is 19.4. The van der Waals surface area contributed by atoms with Crippen molar-refractivity contribution in [3.05, 3.63) is 52.5 Å². The van der Waals surface area contributed by atoms with Gasteiger partial charge in [0.05, 0.1) is 30.1 Å². The first-order valence-corrected chi connectivity index (χ1v) is 15.1. The first kappa shape index (κ1) is 32.1. The smallest absolute Gasteiger partial charge is 0.408 e. The summed E-state index contributed by atoms with van der Waals surface area (Å²) in [6, 6.07) is 8.39. The Bertz CT molecular complexity index is 1360. The summed E-state index contributed by atoms with van der Waals surface area (Å²) < 4.78 is 11.2. The molecular weight excluding hydrogens is 572 g/mol. The number of hydrogen-bond acceptors (Lipinski definition) is 9. The predicted molar refractivity (Wildman–Crippen MR) is 161 cm³/mol. The molecule has 2 N–H and O–H groups in total. The Balaban J connectivity index is 1.53. The van der Waals surface area contributed by atoms with Gasteiger partial charge in [0.25, 0.3) is 5.91 Å². The predicted octanol–water partition coefficient (Wildman–Crippen LogP) is 2.74. The first-order valence-electron chi connectivity index (χ1n) is 14.2. The van der Waals surface area contributed by atoms with E-state index in [1.165, 1.54) is 30.2 Å². The number of alkyl carbamates (subject to hydrolysis) is 1. The Morgan fingerprint density at radius 1 is 1.14 bits per heavy atom. The van der Waals surface area contributed by atoms with Crippen LogP contribution in [0.5, 0.6) is 0 Å². The zero-order valence-corrected chi connectivity index (χ0v) is 26.3. The van der Waals surface area contributed by atoms with Crippen LogP contribution in [0.25, 0.3) is 0 Å². The van der Waals surface area contributed by atoms with Gasteiger partial charge in [-0.2, -0.15) is 5.10 Å². The summed E-state index contributed by atoms with van der Waals surface area (Å²) in [5.74, 6) is -1.18. The van der Waals surface area contributed by atoms with Gasteiger partial charge >= 0.3 is 6.09 Å². The number of carbonyl (C=O) groups excluding carboxylic acids is 4. The van der Waals surface area contributed by atoms with Gasteiger partial charge in [0.15, 0.2) is 0 Å². The van der Waals surface area contributed by atoms with Crippen LogP contribution in [0.3, 0.4) is 0 Å². The van der Waals surface area contributed by atoms with Crippen LogP contribution >= 0.6 is 11.3 Å². The molecular formula is C30H40N6O6S. The lowest BCUT2D eigenvalue weighted by Gasteiger charge is -2.40. The third kappa shape index (κ3) is 7.77. The van der Waals surface area contributed by atoms with E-state index in [4.69, 9.17) is 9.47 Å². The molecule has 1 fully saturated rings. The number of ether oxygens (including phenoxy) is 2. The molecule has 2 aliphatic heterocycles. The van der Waals surface area contributed by atoms with Gasteiger partial charge in [-0.3, -0.25) is 14.4 Å². The summed E-state index contributed by atoms with van der Waals surface area (Å²) >= 11 is 1.44. The third-order valence-electron chi connectivity index (χ3n) is 7.26. The van der Waals surface area contributed by atoms with Gasteiger partial charge in [-0.1, -0.05) is 30.3 Å². The highest BCUT2D eigenvalue weighted by atomic mass is 32.1. The molecule has 3 heterocycles. The number of thiazole rings is 1. The van der Waals surface area contributed by atoms with Crippen molar-refractivity contribution in [3.8, 4) is 0 Å². The van der Waals surface area contributed by atoms with Gasteiger partial charge < -0.3 is 25.0 Å². The number of rotatable bonds is 10. The minimum atomic E-state index is -1.40. The second kappa shape index (κ2) is 12.8. The fourth-order valence-corrected chi connectivity index (χ4v) is 5.68. The fourth-order valence-electron chi connectivity index (χ4n) is 5.12. The Kier molecular flexibility index (Phi) is 9.55.